The van der Waals surface area contributed by atoms with E-state index in [1.807, 2.05) is 0 Å². The van der Waals surface area contributed by atoms with E-state index in [9.17, 15) is 18.5 Å². The maximum atomic E-state index is 10.9. The van der Waals surface area contributed by atoms with Gasteiger partial charge in [0.2, 0.25) is 10.0 Å². The fraction of sp³-hybridized carbons (Fsp3) is 0.143. The molecule has 0 radical (unpaired) electrons. The van der Waals surface area contributed by atoms with Gasteiger partial charge < -0.3 is 0 Å². The number of halogens is 1. The molecule has 15 heavy (non-hydrogen) atoms. The summed E-state index contributed by atoms with van der Waals surface area (Å²) >= 11 is 5.58. The topological polar surface area (TPSA) is 89.3 Å². The highest BCUT2D eigenvalue weighted by Gasteiger charge is 2.10. The number of hydrogen-bond donors (Lipinski definition) is 1. The number of rotatable bonds is 3. The van der Waals surface area contributed by atoms with Crippen LogP contribution in [0.3, 0.4) is 0 Å². The number of anilines is 1. The van der Waals surface area contributed by atoms with Crippen LogP contribution in [0.1, 0.15) is 0 Å². The lowest BCUT2D eigenvalue weighted by Gasteiger charge is -2.03. The SMILES string of the molecule is CS(=O)(=O)Nc1cc(Cl)cc([N+](=O)[O-])c1. The van der Waals surface area contributed by atoms with Crippen molar-refractivity contribution in [2.75, 3.05) is 11.0 Å². The van der Waals surface area contributed by atoms with Crippen molar-refractivity contribution in [1.29, 1.82) is 0 Å². The number of nitro benzene ring substituents is 1. The van der Waals surface area contributed by atoms with E-state index in [-0.39, 0.29) is 16.4 Å². The zero-order valence-corrected chi connectivity index (χ0v) is 9.17. The number of nitro groups is 1. The molecular formula is C7H7ClN2O4S. The first-order valence-corrected chi connectivity index (χ1v) is 5.97. The molecule has 0 aliphatic heterocycles. The van der Waals surface area contributed by atoms with Gasteiger partial charge in [-0.3, -0.25) is 14.8 Å². The molecule has 0 saturated carbocycles. The van der Waals surface area contributed by atoms with Crippen LogP contribution in [0.25, 0.3) is 0 Å². The summed E-state index contributed by atoms with van der Waals surface area (Å²) in [4.78, 5) is 9.79. The van der Waals surface area contributed by atoms with Crippen LogP contribution in [-0.4, -0.2) is 19.6 Å². The standard InChI is InChI=1S/C7H7ClN2O4S/c1-15(13,14)9-6-2-5(8)3-7(4-6)10(11)12/h2-4,9H,1H3. The van der Waals surface area contributed by atoms with E-state index in [0.717, 1.165) is 18.4 Å². The molecule has 0 aliphatic carbocycles. The van der Waals surface area contributed by atoms with Crippen molar-refractivity contribution < 1.29 is 13.3 Å². The van der Waals surface area contributed by atoms with Crippen molar-refractivity contribution in [2.24, 2.45) is 0 Å². The second kappa shape index (κ2) is 4.03. The first kappa shape index (κ1) is 11.7. The first-order valence-electron chi connectivity index (χ1n) is 3.71. The summed E-state index contributed by atoms with van der Waals surface area (Å²) in [5, 5.41) is 10.5. The largest absolute Gasteiger partial charge is 0.283 e. The van der Waals surface area contributed by atoms with Gasteiger partial charge in [-0.15, -0.1) is 0 Å². The fourth-order valence-electron chi connectivity index (χ4n) is 0.953. The molecule has 6 nitrogen and oxygen atoms in total. The van der Waals surface area contributed by atoms with Crippen LogP contribution < -0.4 is 4.72 Å². The zero-order valence-electron chi connectivity index (χ0n) is 7.60. The van der Waals surface area contributed by atoms with Crippen molar-refractivity contribution >= 4 is 33.0 Å². The molecule has 0 bridgehead atoms. The van der Waals surface area contributed by atoms with Gasteiger partial charge in [-0.25, -0.2) is 8.42 Å². The lowest BCUT2D eigenvalue weighted by molar-refractivity contribution is -0.384. The Morgan fingerprint density at radius 3 is 2.47 bits per heavy atom. The lowest BCUT2D eigenvalue weighted by atomic mass is 10.3. The number of nitrogens with one attached hydrogen (secondary N) is 1. The van der Waals surface area contributed by atoms with Crippen molar-refractivity contribution in [1.82, 2.24) is 0 Å². The molecule has 0 aliphatic rings. The predicted octanol–water partition coefficient (Wildman–Crippen LogP) is 1.62. The number of nitrogens with zero attached hydrogens (tertiary/aromatic N) is 1. The molecule has 1 aromatic carbocycles. The van der Waals surface area contributed by atoms with Crippen LogP contribution in [0.4, 0.5) is 11.4 Å². The third-order valence-electron chi connectivity index (χ3n) is 1.40. The Bertz CT molecular complexity index is 500. The van der Waals surface area contributed by atoms with Crippen molar-refractivity contribution in [3.8, 4) is 0 Å². The van der Waals surface area contributed by atoms with Gasteiger partial charge in [0.05, 0.1) is 16.9 Å². The lowest BCUT2D eigenvalue weighted by Crippen LogP contribution is -2.09. The summed E-state index contributed by atoms with van der Waals surface area (Å²) in [5.41, 5.74) is -0.203. The highest BCUT2D eigenvalue weighted by atomic mass is 35.5. The second-order valence-electron chi connectivity index (χ2n) is 2.83. The van der Waals surface area contributed by atoms with E-state index < -0.39 is 14.9 Å². The number of non-ortho nitro benzene ring substituents is 1. The van der Waals surface area contributed by atoms with Gasteiger partial charge in [-0.05, 0) is 6.07 Å². The van der Waals surface area contributed by atoms with Gasteiger partial charge in [0.25, 0.3) is 5.69 Å². The van der Waals surface area contributed by atoms with Gasteiger partial charge in [-0.2, -0.15) is 0 Å². The smallest absolute Gasteiger partial charge is 0.273 e. The van der Waals surface area contributed by atoms with Crippen molar-refractivity contribution in [2.45, 2.75) is 0 Å². The summed E-state index contributed by atoms with van der Waals surface area (Å²) in [6.45, 7) is 0. The molecule has 0 unspecified atom stereocenters. The number of sulfonamides is 1. The molecular weight excluding hydrogens is 244 g/mol. The van der Waals surface area contributed by atoms with E-state index in [1.54, 1.807) is 0 Å². The maximum Gasteiger partial charge on any atom is 0.273 e. The molecule has 0 aromatic heterocycles. The third-order valence-corrected chi connectivity index (χ3v) is 2.22. The third kappa shape index (κ3) is 3.72. The second-order valence-corrected chi connectivity index (χ2v) is 5.01. The van der Waals surface area contributed by atoms with E-state index in [2.05, 4.69) is 4.72 Å². The molecule has 0 spiro atoms. The molecule has 1 N–H and O–H groups in total. The average Bonchev–Trinajstić information content (AvgIpc) is 1.99. The average molecular weight is 251 g/mol. The number of hydrogen-bond acceptors (Lipinski definition) is 4. The molecule has 0 fully saturated rings. The highest BCUT2D eigenvalue weighted by molar-refractivity contribution is 7.92. The Labute approximate surface area is 91.1 Å². The monoisotopic (exact) mass is 250 g/mol. The van der Waals surface area contributed by atoms with Crippen LogP contribution in [0.2, 0.25) is 5.02 Å². The Morgan fingerprint density at radius 1 is 1.40 bits per heavy atom. The molecule has 0 amide bonds. The normalized spacial score (nSPS) is 11.1. The quantitative estimate of drug-likeness (QED) is 0.652. The van der Waals surface area contributed by atoms with Crippen LogP contribution in [0.5, 0.6) is 0 Å². The summed E-state index contributed by atoms with van der Waals surface area (Å²) in [6.07, 6.45) is 0.944. The molecule has 0 heterocycles. The van der Waals surface area contributed by atoms with E-state index in [0.29, 0.717) is 0 Å². The molecule has 1 aromatic rings. The van der Waals surface area contributed by atoms with Gasteiger partial charge >= 0.3 is 0 Å². The van der Waals surface area contributed by atoms with Crippen LogP contribution in [0.15, 0.2) is 18.2 Å². The van der Waals surface area contributed by atoms with Gasteiger partial charge in [0, 0.05) is 17.2 Å². The fourth-order valence-corrected chi connectivity index (χ4v) is 1.73. The van der Waals surface area contributed by atoms with Crippen molar-refractivity contribution in [3.63, 3.8) is 0 Å². The Hall–Kier alpha value is -1.34. The van der Waals surface area contributed by atoms with Gasteiger partial charge in [0.15, 0.2) is 0 Å². The maximum absolute atomic E-state index is 10.9. The molecule has 0 atom stereocenters. The van der Waals surface area contributed by atoms with Crippen LogP contribution in [-0.2, 0) is 10.0 Å². The first-order chi connectivity index (χ1) is 6.78. The minimum atomic E-state index is -3.47. The van der Waals surface area contributed by atoms with Crippen molar-refractivity contribution in [3.05, 3.63) is 33.3 Å². The summed E-state index contributed by atoms with van der Waals surface area (Å²) in [5.74, 6) is 0. The van der Waals surface area contributed by atoms with Crippen LogP contribution in [0, 0.1) is 10.1 Å². The van der Waals surface area contributed by atoms with Gasteiger partial charge in [-0.1, -0.05) is 11.6 Å². The molecule has 8 heteroatoms. The van der Waals surface area contributed by atoms with Gasteiger partial charge in [0.1, 0.15) is 0 Å². The zero-order chi connectivity index (χ0) is 11.6. The Balaban J connectivity index is 3.15. The summed E-state index contributed by atoms with van der Waals surface area (Å²) in [6, 6.07) is 3.51. The summed E-state index contributed by atoms with van der Waals surface area (Å²) < 4.78 is 23.8. The van der Waals surface area contributed by atoms with E-state index in [4.69, 9.17) is 11.6 Å². The Morgan fingerprint density at radius 2 is 2.00 bits per heavy atom. The van der Waals surface area contributed by atoms with E-state index in [1.165, 1.54) is 6.07 Å². The minimum absolute atomic E-state index is 0.0664. The summed E-state index contributed by atoms with van der Waals surface area (Å²) in [7, 11) is -3.47. The van der Waals surface area contributed by atoms with E-state index >= 15 is 0 Å². The minimum Gasteiger partial charge on any atom is -0.283 e. The highest BCUT2D eigenvalue weighted by Crippen LogP contribution is 2.24. The molecule has 82 valence electrons. The Kier molecular flexibility index (Phi) is 3.15. The number of benzene rings is 1. The van der Waals surface area contributed by atoms with Crippen LogP contribution >= 0.6 is 11.6 Å². The molecule has 0 saturated heterocycles. The predicted molar refractivity (Wildman–Crippen MR) is 56.6 cm³/mol. The molecule has 1 rings (SSSR count).